The van der Waals surface area contributed by atoms with E-state index in [2.05, 4.69) is 5.10 Å². The lowest BCUT2D eigenvalue weighted by Gasteiger charge is -2.14. The molecule has 0 spiro atoms. The summed E-state index contributed by atoms with van der Waals surface area (Å²) in [5, 5.41) is 6.76. The van der Waals surface area contributed by atoms with Gasteiger partial charge in [-0.15, -0.1) is 0 Å². The highest BCUT2D eigenvalue weighted by atomic mass is 35.5. The molecule has 3 nitrogen and oxygen atoms in total. The smallest absolute Gasteiger partial charge is 0.199 e. The lowest BCUT2D eigenvalue weighted by atomic mass is 10.3. The summed E-state index contributed by atoms with van der Waals surface area (Å²) in [4.78, 5) is 11.3. The minimum absolute atomic E-state index is 0.00559. The number of rotatable bonds is 1. The fraction of sp³-hybridized carbons (Fsp3) is 0.200. The predicted octanol–water partition coefficient (Wildman–Crippen LogP) is 2.76. The molecule has 2 rings (SSSR count). The summed E-state index contributed by atoms with van der Waals surface area (Å²) in [6.45, 7) is 1.91. The summed E-state index contributed by atoms with van der Waals surface area (Å²) < 4.78 is 0. The second-order valence-corrected chi connectivity index (χ2v) is 4.11. The van der Waals surface area contributed by atoms with Gasteiger partial charge < -0.3 is 0 Å². The monoisotopic (exact) mass is 242 g/mol. The minimum atomic E-state index is 0.00559. The highest BCUT2D eigenvalue weighted by molar-refractivity contribution is 6.42. The van der Waals surface area contributed by atoms with Crippen molar-refractivity contribution in [3.05, 3.63) is 28.2 Å². The molecule has 0 fully saturated rings. The Kier molecular flexibility index (Phi) is 2.67. The molecule has 1 aromatic carbocycles. The molecule has 0 saturated carbocycles. The van der Waals surface area contributed by atoms with Gasteiger partial charge in [-0.05, 0) is 25.1 Å². The van der Waals surface area contributed by atoms with E-state index in [-0.39, 0.29) is 12.3 Å². The van der Waals surface area contributed by atoms with Crippen LogP contribution in [0.4, 0.5) is 5.69 Å². The fourth-order valence-corrected chi connectivity index (χ4v) is 1.73. The molecule has 0 saturated heterocycles. The van der Waals surface area contributed by atoms with Gasteiger partial charge in [0, 0.05) is 5.02 Å². The summed E-state index contributed by atoms with van der Waals surface area (Å²) in [7, 11) is 0. The molecule has 0 amide bonds. The highest BCUT2D eigenvalue weighted by Gasteiger charge is 2.22. The van der Waals surface area contributed by atoms with Crippen LogP contribution in [-0.2, 0) is 4.79 Å². The van der Waals surface area contributed by atoms with Crippen molar-refractivity contribution in [2.45, 2.75) is 6.92 Å². The number of benzene rings is 1. The van der Waals surface area contributed by atoms with E-state index in [1.165, 1.54) is 0 Å². The summed E-state index contributed by atoms with van der Waals surface area (Å²) in [6, 6.07) is 5.08. The van der Waals surface area contributed by atoms with E-state index in [1.807, 2.05) is 0 Å². The molecule has 0 aromatic heterocycles. The zero-order valence-corrected chi connectivity index (χ0v) is 9.51. The Labute approximate surface area is 97.3 Å². The van der Waals surface area contributed by atoms with E-state index in [1.54, 1.807) is 30.1 Å². The standard InChI is InChI=1S/C10H8Cl2N2O/c1-6-10(15)5-14(13-6)9-4-7(11)2-3-8(9)12/h2-4H,5H2,1H3. The Hall–Kier alpha value is -1.06. The van der Waals surface area contributed by atoms with E-state index in [4.69, 9.17) is 23.2 Å². The molecule has 0 aliphatic carbocycles. The van der Waals surface area contributed by atoms with E-state index in [9.17, 15) is 4.79 Å². The van der Waals surface area contributed by atoms with Gasteiger partial charge in [-0.2, -0.15) is 5.10 Å². The van der Waals surface area contributed by atoms with Crippen molar-refractivity contribution < 1.29 is 4.79 Å². The van der Waals surface area contributed by atoms with Gasteiger partial charge in [-0.3, -0.25) is 9.80 Å². The predicted molar refractivity (Wildman–Crippen MR) is 61.9 cm³/mol. The van der Waals surface area contributed by atoms with Crippen molar-refractivity contribution in [2.24, 2.45) is 5.10 Å². The first-order valence-electron chi connectivity index (χ1n) is 4.39. The molecule has 0 unspecified atom stereocenters. The van der Waals surface area contributed by atoms with E-state index in [0.29, 0.717) is 21.4 Å². The van der Waals surface area contributed by atoms with Crippen LogP contribution in [0.15, 0.2) is 23.3 Å². The van der Waals surface area contributed by atoms with Crippen LogP contribution in [0.25, 0.3) is 0 Å². The van der Waals surface area contributed by atoms with Crippen LogP contribution >= 0.6 is 23.2 Å². The minimum Gasteiger partial charge on any atom is -0.291 e. The van der Waals surface area contributed by atoms with Crippen LogP contribution in [0, 0.1) is 0 Å². The van der Waals surface area contributed by atoms with Gasteiger partial charge in [-0.1, -0.05) is 23.2 Å². The molecule has 0 atom stereocenters. The number of Topliss-reactive ketones (excluding diaryl/α,β-unsaturated/α-hetero) is 1. The van der Waals surface area contributed by atoms with Crippen molar-refractivity contribution in [2.75, 3.05) is 11.6 Å². The van der Waals surface area contributed by atoms with Gasteiger partial charge >= 0.3 is 0 Å². The molecule has 15 heavy (non-hydrogen) atoms. The third kappa shape index (κ3) is 1.98. The van der Waals surface area contributed by atoms with E-state index in [0.717, 1.165) is 0 Å². The Bertz CT molecular complexity index is 457. The maximum absolute atomic E-state index is 11.3. The van der Waals surface area contributed by atoms with E-state index >= 15 is 0 Å². The van der Waals surface area contributed by atoms with Crippen LogP contribution in [0.1, 0.15) is 6.92 Å². The van der Waals surface area contributed by atoms with E-state index < -0.39 is 0 Å². The molecule has 1 heterocycles. The zero-order valence-electron chi connectivity index (χ0n) is 8.00. The van der Waals surface area contributed by atoms with Crippen molar-refractivity contribution in [3.63, 3.8) is 0 Å². The van der Waals surface area contributed by atoms with Crippen molar-refractivity contribution in [1.82, 2.24) is 0 Å². The van der Waals surface area contributed by atoms with Crippen molar-refractivity contribution in [3.8, 4) is 0 Å². The Morgan fingerprint density at radius 3 is 2.73 bits per heavy atom. The largest absolute Gasteiger partial charge is 0.291 e. The fourth-order valence-electron chi connectivity index (χ4n) is 1.35. The molecule has 0 radical (unpaired) electrons. The highest BCUT2D eigenvalue weighted by Crippen LogP contribution is 2.30. The number of ketones is 1. The van der Waals surface area contributed by atoms with Gasteiger partial charge in [0.25, 0.3) is 0 Å². The SMILES string of the molecule is CC1=NN(c2cc(Cl)ccc2Cl)CC1=O. The lowest BCUT2D eigenvalue weighted by molar-refractivity contribution is -0.111. The maximum Gasteiger partial charge on any atom is 0.199 e. The molecular weight excluding hydrogens is 235 g/mol. The number of carbonyl (C=O) groups is 1. The third-order valence-corrected chi connectivity index (χ3v) is 2.71. The summed E-state index contributed by atoms with van der Waals surface area (Å²) in [5.41, 5.74) is 1.15. The average molecular weight is 243 g/mol. The molecule has 5 heteroatoms. The molecule has 0 bridgehead atoms. The second kappa shape index (κ2) is 3.83. The quantitative estimate of drug-likeness (QED) is 0.759. The number of halogens is 2. The molecular formula is C10H8Cl2N2O. The number of nitrogens with zero attached hydrogens (tertiary/aromatic N) is 2. The van der Waals surface area contributed by atoms with Crippen LogP contribution in [-0.4, -0.2) is 18.0 Å². The summed E-state index contributed by atoms with van der Waals surface area (Å²) >= 11 is 11.8. The topological polar surface area (TPSA) is 32.7 Å². The number of hydrazone groups is 1. The van der Waals surface area contributed by atoms with Crippen molar-refractivity contribution >= 4 is 40.4 Å². The molecule has 78 valence electrons. The van der Waals surface area contributed by atoms with Gasteiger partial charge in [0.1, 0.15) is 12.3 Å². The van der Waals surface area contributed by atoms with Gasteiger partial charge in [0.2, 0.25) is 0 Å². The van der Waals surface area contributed by atoms with Gasteiger partial charge in [0.05, 0.1) is 10.7 Å². The number of anilines is 1. The summed E-state index contributed by atoms with van der Waals surface area (Å²) in [6.07, 6.45) is 0. The zero-order chi connectivity index (χ0) is 11.0. The lowest BCUT2D eigenvalue weighted by Crippen LogP contribution is -2.18. The number of hydrogen-bond donors (Lipinski definition) is 0. The van der Waals surface area contributed by atoms with Crippen LogP contribution in [0.3, 0.4) is 0 Å². The first kappa shape index (κ1) is 10.5. The number of carbonyl (C=O) groups excluding carboxylic acids is 1. The van der Waals surface area contributed by atoms with Crippen LogP contribution in [0.5, 0.6) is 0 Å². The molecule has 0 N–H and O–H groups in total. The van der Waals surface area contributed by atoms with Crippen LogP contribution in [0.2, 0.25) is 10.0 Å². The molecule has 1 aromatic rings. The Morgan fingerprint density at radius 1 is 1.40 bits per heavy atom. The molecule has 1 aliphatic rings. The van der Waals surface area contributed by atoms with Crippen LogP contribution < -0.4 is 5.01 Å². The average Bonchev–Trinajstić information content (AvgIpc) is 2.51. The normalized spacial score (nSPS) is 15.8. The Morgan fingerprint density at radius 2 is 2.13 bits per heavy atom. The van der Waals surface area contributed by atoms with Gasteiger partial charge in [-0.25, -0.2) is 0 Å². The third-order valence-electron chi connectivity index (χ3n) is 2.15. The Balaban J connectivity index is 2.39. The molecule has 1 aliphatic heterocycles. The first-order valence-corrected chi connectivity index (χ1v) is 5.14. The second-order valence-electron chi connectivity index (χ2n) is 3.26. The first-order chi connectivity index (χ1) is 7.08. The summed E-state index contributed by atoms with van der Waals surface area (Å²) in [5.74, 6) is 0.00559. The van der Waals surface area contributed by atoms with Gasteiger partial charge in [0.15, 0.2) is 5.78 Å². The maximum atomic E-state index is 11.3. The van der Waals surface area contributed by atoms with Crippen molar-refractivity contribution in [1.29, 1.82) is 0 Å². The number of hydrogen-bond acceptors (Lipinski definition) is 3.